The Labute approximate surface area is 150 Å². The summed E-state index contributed by atoms with van der Waals surface area (Å²) in [5.41, 5.74) is 0.685. The summed E-state index contributed by atoms with van der Waals surface area (Å²) < 4.78 is 33.1. The van der Waals surface area contributed by atoms with Crippen molar-refractivity contribution in [1.29, 1.82) is 0 Å². The molecule has 1 aliphatic heterocycles. The van der Waals surface area contributed by atoms with Crippen LogP contribution in [0.4, 0.5) is 0 Å². The van der Waals surface area contributed by atoms with Crippen LogP contribution in [-0.4, -0.2) is 43.5 Å². The van der Waals surface area contributed by atoms with E-state index in [0.717, 1.165) is 12.7 Å². The molecule has 0 unspecified atom stereocenters. The van der Waals surface area contributed by atoms with Crippen LogP contribution in [0.3, 0.4) is 0 Å². The first-order chi connectivity index (χ1) is 11.2. The molecule has 1 amide bonds. The van der Waals surface area contributed by atoms with Crippen molar-refractivity contribution in [2.45, 2.75) is 13.3 Å². The van der Waals surface area contributed by atoms with Crippen LogP contribution in [0.25, 0.3) is 6.08 Å². The summed E-state index contributed by atoms with van der Waals surface area (Å²) in [4.78, 5) is 14.4. The number of nitrogens with zero attached hydrogens (tertiary/aromatic N) is 1. The number of carbonyl (C=O) groups excluding carboxylic acids is 1. The molecule has 9 heteroatoms. The molecular formula is C15H17NO5S3. The van der Waals surface area contributed by atoms with Gasteiger partial charge >= 0.3 is 10.1 Å². The second-order valence-electron chi connectivity index (χ2n) is 5.03. The first-order valence-electron chi connectivity index (χ1n) is 7.08. The minimum Gasteiger partial charge on any atom is -0.493 e. The van der Waals surface area contributed by atoms with Gasteiger partial charge in [-0.15, -0.1) is 0 Å². The van der Waals surface area contributed by atoms with Crippen LogP contribution in [0.15, 0.2) is 23.1 Å². The van der Waals surface area contributed by atoms with Gasteiger partial charge in [-0.2, -0.15) is 8.42 Å². The quantitative estimate of drug-likeness (QED) is 0.422. The van der Waals surface area contributed by atoms with Gasteiger partial charge < -0.3 is 8.92 Å². The molecule has 0 bridgehead atoms. The summed E-state index contributed by atoms with van der Waals surface area (Å²) in [5.74, 6) is 0.233. The van der Waals surface area contributed by atoms with Crippen LogP contribution in [0, 0.1) is 0 Å². The number of benzene rings is 1. The first kappa shape index (κ1) is 18.8. The van der Waals surface area contributed by atoms with E-state index < -0.39 is 10.1 Å². The summed E-state index contributed by atoms with van der Waals surface area (Å²) in [5, 5.41) is 0. The molecule has 1 aromatic rings. The molecule has 0 saturated carbocycles. The number of rotatable bonds is 6. The maximum Gasteiger partial charge on any atom is 0.306 e. The number of hydrogen-bond donors (Lipinski definition) is 0. The number of hydrogen-bond acceptors (Lipinski definition) is 7. The molecule has 0 N–H and O–H groups in total. The third-order valence-electron chi connectivity index (χ3n) is 3.05. The van der Waals surface area contributed by atoms with E-state index in [1.807, 2.05) is 6.92 Å². The topological polar surface area (TPSA) is 72.9 Å². The highest BCUT2D eigenvalue weighted by atomic mass is 32.2. The van der Waals surface area contributed by atoms with E-state index >= 15 is 0 Å². The number of amides is 1. The van der Waals surface area contributed by atoms with E-state index in [-0.39, 0.29) is 17.4 Å². The zero-order chi connectivity index (χ0) is 17.9. The van der Waals surface area contributed by atoms with Crippen molar-refractivity contribution in [1.82, 2.24) is 4.90 Å². The van der Waals surface area contributed by atoms with Crippen molar-refractivity contribution in [3.05, 3.63) is 28.7 Å². The van der Waals surface area contributed by atoms with Gasteiger partial charge in [0, 0.05) is 6.54 Å². The monoisotopic (exact) mass is 387 g/mol. The third kappa shape index (κ3) is 4.49. The molecule has 1 fully saturated rings. The van der Waals surface area contributed by atoms with Crippen LogP contribution in [-0.2, 0) is 14.9 Å². The van der Waals surface area contributed by atoms with Crippen molar-refractivity contribution in [2.75, 3.05) is 19.9 Å². The van der Waals surface area contributed by atoms with Gasteiger partial charge in [0.05, 0.1) is 18.3 Å². The number of methoxy groups -OCH3 is 1. The molecule has 0 radical (unpaired) electrons. The highest BCUT2D eigenvalue weighted by molar-refractivity contribution is 8.26. The van der Waals surface area contributed by atoms with Crippen LogP contribution in [0.5, 0.6) is 11.5 Å². The lowest BCUT2D eigenvalue weighted by atomic mass is 10.2. The minimum atomic E-state index is -3.65. The molecule has 1 heterocycles. The van der Waals surface area contributed by atoms with Crippen LogP contribution >= 0.6 is 24.0 Å². The molecule has 24 heavy (non-hydrogen) atoms. The van der Waals surface area contributed by atoms with Gasteiger partial charge in [0.1, 0.15) is 4.32 Å². The lowest BCUT2D eigenvalue weighted by Crippen LogP contribution is -2.28. The standard InChI is InChI=1S/C15H17NO5S3/c1-4-7-16-14(17)13(23-15(16)22)9-10-5-6-11(12(8-10)20-2)21-24(3,18)19/h5-6,8-9H,4,7H2,1-3H3/b13-9+. The number of carbonyl (C=O) groups is 1. The van der Waals surface area contributed by atoms with Gasteiger partial charge in [0.2, 0.25) is 0 Å². The van der Waals surface area contributed by atoms with Gasteiger partial charge in [-0.05, 0) is 30.2 Å². The highest BCUT2D eigenvalue weighted by Crippen LogP contribution is 2.35. The zero-order valence-electron chi connectivity index (χ0n) is 13.4. The summed E-state index contributed by atoms with van der Waals surface area (Å²) in [6, 6.07) is 4.74. The largest absolute Gasteiger partial charge is 0.493 e. The molecular weight excluding hydrogens is 370 g/mol. The maximum absolute atomic E-state index is 12.3. The predicted molar refractivity (Wildman–Crippen MR) is 98.6 cm³/mol. The fourth-order valence-corrected chi connectivity index (χ4v) is 3.85. The molecule has 0 atom stereocenters. The Bertz CT molecular complexity index is 801. The summed E-state index contributed by atoms with van der Waals surface area (Å²) >= 11 is 6.47. The fraction of sp³-hybridized carbons (Fsp3) is 0.333. The summed E-state index contributed by atoms with van der Waals surface area (Å²) in [6.07, 6.45) is 3.48. The van der Waals surface area contributed by atoms with E-state index in [2.05, 4.69) is 0 Å². The fourth-order valence-electron chi connectivity index (χ4n) is 2.07. The normalized spacial score (nSPS) is 16.8. The Morgan fingerprint density at radius 3 is 2.62 bits per heavy atom. The minimum absolute atomic E-state index is 0.0932. The first-order valence-corrected chi connectivity index (χ1v) is 10.1. The number of ether oxygens (including phenoxy) is 1. The lowest BCUT2D eigenvalue weighted by Gasteiger charge is -2.12. The van der Waals surface area contributed by atoms with E-state index in [9.17, 15) is 13.2 Å². The zero-order valence-corrected chi connectivity index (χ0v) is 15.9. The average Bonchev–Trinajstić information content (AvgIpc) is 2.75. The molecule has 130 valence electrons. The Balaban J connectivity index is 2.30. The second kappa shape index (κ2) is 7.54. The molecule has 1 aromatic carbocycles. The van der Waals surface area contributed by atoms with Crippen molar-refractivity contribution < 1.29 is 22.1 Å². The molecule has 0 aliphatic carbocycles. The van der Waals surface area contributed by atoms with Crippen molar-refractivity contribution in [3.8, 4) is 11.5 Å². The SMILES string of the molecule is CCCN1C(=O)/C(=C\c2ccc(OS(C)(=O)=O)c(OC)c2)SC1=S. The van der Waals surface area contributed by atoms with Gasteiger partial charge in [-0.25, -0.2) is 0 Å². The van der Waals surface area contributed by atoms with Gasteiger partial charge in [0.25, 0.3) is 5.91 Å². The third-order valence-corrected chi connectivity index (χ3v) is 4.91. The van der Waals surface area contributed by atoms with E-state index in [4.69, 9.17) is 21.1 Å². The Kier molecular flexibility index (Phi) is 5.89. The summed E-state index contributed by atoms with van der Waals surface area (Å²) in [7, 11) is -2.24. The molecule has 2 rings (SSSR count). The molecule has 1 aliphatic rings. The molecule has 1 saturated heterocycles. The van der Waals surface area contributed by atoms with Crippen molar-refractivity contribution in [2.24, 2.45) is 0 Å². The maximum atomic E-state index is 12.3. The van der Waals surface area contributed by atoms with E-state index in [0.29, 0.717) is 21.3 Å². The molecule has 0 aromatic heterocycles. The Morgan fingerprint density at radius 1 is 1.33 bits per heavy atom. The lowest BCUT2D eigenvalue weighted by molar-refractivity contribution is -0.122. The average molecular weight is 388 g/mol. The van der Waals surface area contributed by atoms with Crippen molar-refractivity contribution in [3.63, 3.8) is 0 Å². The van der Waals surface area contributed by atoms with E-state index in [1.165, 1.54) is 24.9 Å². The second-order valence-corrected chi connectivity index (χ2v) is 8.28. The van der Waals surface area contributed by atoms with Crippen LogP contribution < -0.4 is 8.92 Å². The number of thiocarbonyl (C=S) groups is 1. The van der Waals surface area contributed by atoms with Crippen LogP contribution in [0.1, 0.15) is 18.9 Å². The highest BCUT2D eigenvalue weighted by Gasteiger charge is 2.31. The van der Waals surface area contributed by atoms with Gasteiger partial charge in [0.15, 0.2) is 11.5 Å². The van der Waals surface area contributed by atoms with Gasteiger partial charge in [-0.3, -0.25) is 9.69 Å². The molecule has 6 nitrogen and oxygen atoms in total. The smallest absolute Gasteiger partial charge is 0.306 e. The number of thioether (sulfide) groups is 1. The summed E-state index contributed by atoms with van der Waals surface area (Å²) in [6.45, 7) is 2.57. The Hall–Kier alpha value is -1.58. The predicted octanol–water partition coefficient (Wildman–Crippen LogP) is 2.64. The Morgan fingerprint density at radius 2 is 2.04 bits per heavy atom. The molecule has 0 spiro atoms. The van der Waals surface area contributed by atoms with E-state index in [1.54, 1.807) is 23.1 Å². The van der Waals surface area contributed by atoms with Gasteiger partial charge in [-0.1, -0.05) is 37.0 Å². The van der Waals surface area contributed by atoms with Crippen molar-refractivity contribution >= 4 is 50.4 Å². The van der Waals surface area contributed by atoms with Crippen LogP contribution in [0.2, 0.25) is 0 Å².